The van der Waals surface area contributed by atoms with E-state index in [1.165, 1.54) is 11.3 Å². The molecule has 8 nitrogen and oxygen atoms in total. The van der Waals surface area contributed by atoms with Crippen LogP contribution in [-0.2, 0) is 4.79 Å². The van der Waals surface area contributed by atoms with Crippen LogP contribution in [0.2, 0.25) is 0 Å². The lowest BCUT2D eigenvalue weighted by Gasteiger charge is -2.15. The van der Waals surface area contributed by atoms with Crippen LogP contribution in [0.3, 0.4) is 0 Å². The molecule has 3 aromatic rings. The van der Waals surface area contributed by atoms with E-state index in [-0.39, 0.29) is 18.5 Å². The summed E-state index contributed by atoms with van der Waals surface area (Å²) in [6.45, 7) is 1.53. The van der Waals surface area contributed by atoms with Gasteiger partial charge in [-0.3, -0.25) is 29.5 Å². The van der Waals surface area contributed by atoms with Crippen molar-refractivity contribution in [2.75, 3.05) is 12.0 Å². The zero-order valence-electron chi connectivity index (χ0n) is 14.6. The van der Waals surface area contributed by atoms with Gasteiger partial charge < -0.3 is 0 Å². The van der Waals surface area contributed by atoms with Gasteiger partial charge in [-0.2, -0.15) is 0 Å². The second kappa shape index (κ2) is 6.95. The van der Waals surface area contributed by atoms with E-state index in [0.29, 0.717) is 31.6 Å². The Morgan fingerprint density at radius 3 is 2.71 bits per heavy atom. The minimum atomic E-state index is -0.501. The molecular formula is C18H13BrN4O4S. The van der Waals surface area contributed by atoms with E-state index in [2.05, 4.69) is 26.3 Å². The molecule has 2 aromatic heterocycles. The number of aromatic nitrogens is 2. The number of thiophene rings is 1. The molecule has 1 N–H and O–H groups in total. The minimum absolute atomic E-state index is 0.0856. The lowest BCUT2D eigenvalue weighted by Crippen LogP contribution is -2.38. The first-order chi connectivity index (χ1) is 13.4. The molecular weight excluding hydrogens is 448 g/mol. The van der Waals surface area contributed by atoms with E-state index in [9.17, 15) is 19.2 Å². The molecule has 1 aromatic carbocycles. The number of nitrogens with zero attached hydrogens (tertiary/aromatic N) is 3. The summed E-state index contributed by atoms with van der Waals surface area (Å²) < 4.78 is 1.77. The molecule has 0 bridgehead atoms. The maximum atomic E-state index is 12.5. The molecule has 142 valence electrons. The SMILES string of the molecule is Cc1nc2sccc2c(=O)n1NC(=O)CCN1C(=O)c2ccc(Br)cc2C1=O. The normalized spacial score (nSPS) is 13.3. The summed E-state index contributed by atoms with van der Waals surface area (Å²) in [4.78, 5) is 55.6. The first kappa shape index (κ1) is 18.5. The average molecular weight is 461 g/mol. The topological polar surface area (TPSA) is 101 Å². The third-order valence-corrected chi connectivity index (χ3v) is 5.70. The van der Waals surface area contributed by atoms with Gasteiger partial charge in [-0.05, 0) is 36.6 Å². The number of imide groups is 1. The molecule has 1 aliphatic heterocycles. The third kappa shape index (κ3) is 3.04. The highest BCUT2D eigenvalue weighted by atomic mass is 79.9. The molecule has 0 spiro atoms. The Balaban J connectivity index is 1.48. The summed E-state index contributed by atoms with van der Waals surface area (Å²) in [5, 5.41) is 2.17. The van der Waals surface area contributed by atoms with Crippen LogP contribution in [-0.4, -0.2) is 38.8 Å². The Morgan fingerprint density at radius 2 is 1.93 bits per heavy atom. The van der Waals surface area contributed by atoms with Gasteiger partial charge in [0.15, 0.2) is 0 Å². The smallest absolute Gasteiger partial charge is 0.274 e. The Bertz CT molecular complexity index is 1220. The van der Waals surface area contributed by atoms with Gasteiger partial charge in [0.05, 0.1) is 16.5 Å². The fourth-order valence-electron chi connectivity index (χ4n) is 3.01. The lowest BCUT2D eigenvalue weighted by molar-refractivity contribution is -0.117. The molecule has 0 saturated carbocycles. The quantitative estimate of drug-likeness (QED) is 0.601. The van der Waals surface area contributed by atoms with Gasteiger partial charge in [0.2, 0.25) is 5.91 Å². The van der Waals surface area contributed by atoms with Crippen molar-refractivity contribution in [3.8, 4) is 0 Å². The summed E-state index contributed by atoms with van der Waals surface area (Å²) >= 11 is 4.62. The molecule has 3 heterocycles. The van der Waals surface area contributed by atoms with Crippen molar-refractivity contribution in [2.45, 2.75) is 13.3 Å². The Labute approximate surface area is 170 Å². The molecule has 1 aliphatic rings. The van der Waals surface area contributed by atoms with Crippen molar-refractivity contribution in [3.05, 3.63) is 61.4 Å². The molecule has 0 atom stereocenters. The summed E-state index contributed by atoms with van der Waals surface area (Å²) in [5.41, 5.74) is 2.74. The summed E-state index contributed by atoms with van der Waals surface area (Å²) in [6.07, 6.45) is -0.139. The summed E-state index contributed by atoms with van der Waals surface area (Å²) in [7, 11) is 0. The average Bonchev–Trinajstić information content (AvgIpc) is 3.21. The first-order valence-electron chi connectivity index (χ1n) is 8.29. The van der Waals surface area contributed by atoms with Crippen molar-refractivity contribution in [3.63, 3.8) is 0 Å². The zero-order valence-corrected chi connectivity index (χ0v) is 17.0. The maximum absolute atomic E-state index is 12.5. The molecule has 0 radical (unpaired) electrons. The van der Waals surface area contributed by atoms with Crippen molar-refractivity contribution < 1.29 is 14.4 Å². The standard InChI is InChI=1S/C18H13BrN4O4S/c1-9-20-15-12(5-7-28-15)18(27)23(9)21-14(24)4-6-22-16(25)11-3-2-10(19)8-13(11)17(22)26/h2-3,5,7-8H,4,6H2,1H3,(H,21,24). The van der Waals surface area contributed by atoms with Gasteiger partial charge in [-0.25, -0.2) is 9.66 Å². The molecule has 0 aliphatic carbocycles. The van der Waals surface area contributed by atoms with Crippen LogP contribution in [0.25, 0.3) is 10.2 Å². The molecule has 0 fully saturated rings. The fourth-order valence-corrected chi connectivity index (χ4v) is 4.17. The number of fused-ring (bicyclic) bond motifs is 2. The summed E-state index contributed by atoms with van der Waals surface area (Å²) in [5.74, 6) is -1.03. The monoisotopic (exact) mass is 460 g/mol. The number of hydrogen-bond donors (Lipinski definition) is 1. The molecule has 28 heavy (non-hydrogen) atoms. The molecule has 0 saturated heterocycles. The molecule has 10 heteroatoms. The van der Waals surface area contributed by atoms with E-state index < -0.39 is 17.7 Å². The van der Waals surface area contributed by atoms with Gasteiger partial charge in [-0.1, -0.05) is 15.9 Å². The Morgan fingerprint density at radius 1 is 1.18 bits per heavy atom. The second-order valence-electron chi connectivity index (χ2n) is 6.18. The van der Waals surface area contributed by atoms with E-state index in [1.54, 1.807) is 36.6 Å². The zero-order chi connectivity index (χ0) is 20.0. The largest absolute Gasteiger partial charge is 0.281 e. The van der Waals surface area contributed by atoms with Crippen LogP contribution < -0.4 is 11.0 Å². The number of hydrogen-bond acceptors (Lipinski definition) is 6. The van der Waals surface area contributed by atoms with E-state index in [4.69, 9.17) is 0 Å². The van der Waals surface area contributed by atoms with Crippen LogP contribution in [0.15, 0.2) is 38.9 Å². The predicted octanol–water partition coefficient (Wildman–Crippen LogP) is 2.29. The number of benzene rings is 1. The predicted molar refractivity (Wildman–Crippen MR) is 107 cm³/mol. The van der Waals surface area contributed by atoms with Crippen molar-refractivity contribution >= 4 is 55.2 Å². The number of amides is 3. The van der Waals surface area contributed by atoms with Crippen LogP contribution >= 0.6 is 27.3 Å². The highest BCUT2D eigenvalue weighted by molar-refractivity contribution is 9.10. The van der Waals surface area contributed by atoms with Crippen LogP contribution in [0, 0.1) is 6.92 Å². The Hall–Kier alpha value is -2.85. The van der Waals surface area contributed by atoms with Gasteiger partial charge in [-0.15, -0.1) is 11.3 Å². The number of nitrogens with one attached hydrogen (secondary N) is 1. The van der Waals surface area contributed by atoms with Crippen molar-refractivity contribution in [1.82, 2.24) is 14.6 Å². The van der Waals surface area contributed by atoms with Crippen LogP contribution in [0.4, 0.5) is 0 Å². The number of carbonyl (C=O) groups is 3. The van der Waals surface area contributed by atoms with E-state index >= 15 is 0 Å². The highest BCUT2D eigenvalue weighted by Crippen LogP contribution is 2.26. The third-order valence-electron chi connectivity index (χ3n) is 4.40. The van der Waals surface area contributed by atoms with Crippen LogP contribution in [0.1, 0.15) is 33.0 Å². The van der Waals surface area contributed by atoms with Gasteiger partial charge in [0.1, 0.15) is 10.7 Å². The minimum Gasteiger partial charge on any atom is -0.274 e. The molecule has 0 unspecified atom stereocenters. The number of aryl methyl sites for hydroxylation is 1. The number of carbonyl (C=O) groups excluding carboxylic acids is 3. The fraction of sp³-hybridized carbons (Fsp3) is 0.167. The second-order valence-corrected chi connectivity index (χ2v) is 7.99. The highest BCUT2D eigenvalue weighted by Gasteiger charge is 2.35. The maximum Gasteiger partial charge on any atom is 0.281 e. The number of rotatable bonds is 4. The summed E-state index contributed by atoms with van der Waals surface area (Å²) in [6, 6.07) is 6.49. The molecule has 3 amide bonds. The lowest BCUT2D eigenvalue weighted by atomic mass is 10.1. The molecule has 4 rings (SSSR count). The number of halogens is 1. The van der Waals surface area contributed by atoms with E-state index in [0.717, 1.165) is 9.58 Å². The van der Waals surface area contributed by atoms with Gasteiger partial charge >= 0.3 is 0 Å². The van der Waals surface area contributed by atoms with Crippen molar-refractivity contribution in [2.24, 2.45) is 0 Å². The van der Waals surface area contributed by atoms with E-state index in [1.807, 2.05) is 0 Å². The van der Waals surface area contributed by atoms with Crippen LogP contribution in [0.5, 0.6) is 0 Å². The first-order valence-corrected chi connectivity index (χ1v) is 9.96. The Kier molecular flexibility index (Phi) is 4.60. The van der Waals surface area contributed by atoms with Gasteiger partial charge in [0, 0.05) is 17.4 Å². The van der Waals surface area contributed by atoms with Crippen molar-refractivity contribution in [1.29, 1.82) is 0 Å². The van der Waals surface area contributed by atoms with Gasteiger partial charge in [0.25, 0.3) is 17.4 Å².